The Balaban J connectivity index is 2.79. The molecule has 1 N–H and O–H groups in total. The maximum absolute atomic E-state index is 12.3. The topological polar surface area (TPSA) is 83.7 Å². The molecular formula is C13H14F2N2O4. The highest BCUT2D eigenvalue weighted by Crippen LogP contribution is 2.14. The molecule has 0 spiro atoms. The summed E-state index contributed by atoms with van der Waals surface area (Å²) in [5.74, 6) is -0.698. The third-order valence-corrected chi connectivity index (χ3v) is 2.54. The number of nitro benzene ring substituents is 1. The van der Waals surface area contributed by atoms with Crippen molar-refractivity contribution < 1.29 is 23.6 Å². The molecule has 0 aliphatic carbocycles. The highest BCUT2D eigenvalue weighted by atomic mass is 19.3. The van der Waals surface area contributed by atoms with Gasteiger partial charge in [0, 0.05) is 24.8 Å². The zero-order valence-corrected chi connectivity index (χ0v) is 11.0. The first-order valence-corrected chi connectivity index (χ1v) is 6.04. The summed E-state index contributed by atoms with van der Waals surface area (Å²) in [6.45, 7) is -1.41. The van der Waals surface area contributed by atoms with Crippen molar-refractivity contribution in [2.75, 3.05) is 19.7 Å². The van der Waals surface area contributed by atoms with Crippen LogP contribution in [0, 0.1) is 10.1 Å². The predicted octanol–water partition coefficient (Wildman–Crippen LogP) is 1.69. The standard InChI is InChI=1S/C13H14F2N2O4/c14-12(15)9-16(6-7-18)13(19)5-4-10-2-1-3-11(8-10)17(20)21/h1-5,8,12,18H,6-7,9H2/b5-4+. The second-order valence-electron chi connectivity index (χ2n) is 4.08. The Morgan fingerprint density at radius 1 is 1.48 bits per heavy atom. The smallest absolute Gasteiger partial charge is 0.270 e. The minimum absolute atomic E-state index is 0.135. The second kappa shape index (κ2) is 8.05. The number of rotatable bonds is 7. The number of alkyl halides is 2. The van der Waals surface area contributed by atoms with E-state index in [1.807, 2.05) is 0 Å². The van der Waals surface area contributed by atoms with E-state index in [2.05, 4.69) is 0 Å². The van der Waals surface area contributed by atoms with Gasteiger partial charge in [-0.15, -0.1) is 0 Å². The van der Waals surface area contributed by atoms with Gasteiger partial charge < -0.3 is 10.0 Å². The molecule has 0 aromatic heterocycles. The fourth-order valence-electron chi connectivity index (χ4n) is 1.59. The number of hydrogen-bond donors (Lipinski definition) is 1. The van der Waals surface area contributed by atoms with Crippen LogP contribution in [0.25, 0.3) is 6.08 Å². The maximum atomic E-state index is 12.3. The number of nitro groups is 1. The Morgan fingerprint density at radius 3 is 2.76 bits per heavy atom. The van der Waals surface area contributed by atoms with Crippen LogP contribution in [0.4, 0.5) is 14.5 Å². The van der Waals surface area contributed by atoms with Crippen molar-refractivity contribution in [2.24, 2.45) is 0 Å². The lowest BCUT2D eigenvalue weighted by atomic mass is 10.2. The Kier molecular flexibility index (Phi) is 6.41. The molecule has 1 amide bonds. The molecule has 6 nitrogen and oxygen atoms in total. The van der Waals surface area contributed by atoms with Crippen LogP contribution in [0.2, 0.25) is 0 Å². The molecule has 0 radical (unpaired) electrons. The fraction of sp³-hybridized carbons (Fsp3) is 0.308. The predicted molar refractivity (Wildman–Crippen MR) is 71.8 cm³/mol. The van der Waals surface area contributed by atoms with Crippen LogP contribution in [-0.4, -0.2) is 47.0 Å². The number of carbonyl (C=O) groups excluding carboxylic acids is 1. The molecule has 1 rings (SSSR count). The van der Waals surface area contributed by atoms with E-state index in [1.165, 1.54) is 24.3 Å². The normalized spacial score (nSPS) is 11.0. The number of aliphatic hydroxyl groups is 1. The van der Waals surface area contributed by atoms with Crippen LogP contribution in [0.1, 0.15) is 5.56 Å². The molecule has 0 aliphatic heterocycles. The van der Waals surface area contributed by atoms with E-state index in [4.69, 9.17) is 5.11 Å². The number of aliphatic hydroxyl groups excluding tert-OH is 1. The van der Waals surface area contributed by atoms with E-state index in [9.17, 15) is 23.7 Å². The van der Waals surface area contributed by atoms with Crippen LogP contribution in [0.3, 0.4) is 0 Å². The lowest BCUT2D eigenvalue weighted by molar-refractivity contribution is -0.384. The SMILES string of the molecule is O=C(/C=C/c1cccc([N+](=O)[O-])c1)N(CCO)CC(F)F. The van der Waals surface area contributed by atoms with Gasteiger partial charge in [0.2, 0.25) is 5.91 Å². The molecule has 21 heavy (non-hydrogen) atoms. The molecule has 0 unspecified atom stereocenters. The molecule has 0 atom stereocenters. The van der Waals surface area contributed by atoms with Crippen LogP contribution < -0.4 is 0 Å². The minimum Gasteiger partial charge on any atom is -0.395 e. The molecule has 0 heterocycles. The molecule has 1 aromatic rings. The molecule has 0 fully saturated rings. The molecule has 0 aliphatic rings. The Bertz CT molecular complexity index is 535. The monoisotopic (exact) mass is 300 g/mol. The molecule has 0 bridgehead atoms. The van der Waals surface area contributed by atoms with E-state index in [0.29, 0.717) is 5.56 Å². The van der Waals surface area contributed by atoms with Crippen molar-refractivity contribution in [3.8, 4) is 0 Å². The number of carbonyl (C=O) groups is 1. The van der Waals surface area contributed by atoms with Gasteiger partial charge in [0.15, 0.2) is 0 Å². The van der Waals surface area contributed by atoms with Crippen molar-refractivity contribution in [1.29, 1.82) is 0 Å². The van der Waals surface area contributed by atoms with Crippen molar-refractivity contribution >= 4 is 17.7 Å². The summed E-state index contributed by atoms with van der Waals surface area (Å²) in [6, 6.07) is 5.55. The van der Waals surface area contributed by atoms with Crippen LogP contribution in [-0.2, 0) is 4.79 Å². The minimum atomic E-state index is -2.70. The molecule has 114 valence electrons. The van der Waals surface area contributed by atoms with Crippen molar-refractivity contribution in [1.82, 2.24) is 4.90 Å². The van der Waals surface area contributed by atoms with Gasteiger partial charge >= 0.3 is 0 Å². The summed E-state index contributed by atoms with van der Waals surface area (Å²) in [6.07, 6.45) is -0.367. The maximum Gasteiger partial charge on any atom is 0.270 e. The summed E-state index contributed by atoms with van der Waals surface area (Å²) >= 11 is 0. The number of hydrogen-bond acceptors (Lipinski definition) is 4. The second-order valence-corrected chi connectivity index (χ2v) is 4.08. The van der Waals surface area contributed by atoms with Gasteiger partial charge in [-0.05, 0) is 11.6 Å². The van der Waals surface area contributed by atoms with E-state index in [0.717, 1.165) is 11.0 Å². The number of halogens is 2. The number of nitrogens with zero attached hydrogens (tertiary/aromatic N) is 2. The quantitative estimate of drug-likeness (QED) is 0.472. The van der Waals surface area contributed by atoms with Crippen LogP contribution in [0.15, 0.2) is 30.3 Å². The summed E-state index contributed by atoms with van der Waals surface area (Å²) in [5.41, 5.74) is 0.267. The third-order valence-electron chi connectivity index (χ3n) is 2.54. The van der Waals surface area contributed by atoms with Gasteiger partial charge in [-0.2, -0.15) is 0 Å². The average Bonchev–Trinajstić information content (AvgIpc) is 2.44. The lowest BCUT2D eigenvalue weighted by Gasteiger charge is -2.19. The Morgan fingerprint density at radius 2 is 2.19 bits per heavy atom. The molecule has 1 aromatic carbocycles. The van der Waals surface area contributed by atoms with Crippen LogP contribution >= 0.6 is 0 Å². The van der Waals surface area contributed by atoms with E-state index in [1.54, 1.807) is 6.07 Å². The highest BCUT2D eigenvalue weighted by Gasteiger charge is 2.15. The zero-order chi connectivity index (χ0) is 15.8. The van der Waals surface area contributed by atoms with E-state index >= 15 is 0 Å². The molecule has 8 heteroatoms. The van der Waals surface area contributed by atoms with E-state index < -0.39 is 30.4 Å². The van der Waals surface area contributed by atoms with Gasteiger partial charge in [-0.3, -0.25) is 14.9 Å². The van der Waals surface area contributed by atoms with Gasteiger partial charge in [-0.1, -0.05) is 12.1 Å². The van der Waals surface area contributed by atoms with Crippen molar-refractivity contribution in [3.63, 3.8) is 0 Å². The summed E-state index contributed by atoms with van der Waals surface area (Å²) < 4.78 is 24.6. The number of benzene rings is 1. The van der Waals surface area contributed by atoms with Gasteiger partial charge in [0.1, 0.15) is 0 Å². The van der Waals surface area contributed by atoms with Crippen molar-refractivity contribution in [2.45, 2.75) is 6.43 Å². The first-order chi connectivity index (χ1) is 9.93. The molecule has 0 saturated carbocycles. The van der Waals surface area contributed by atoms with Gasteiger partial charge in [-0.25, -0.2) is 8.78 Å². The van der Waals surface area contributed by atoms with Gasteiger partial charge in [0.05, 0.1) is 18.1 Å². The number of amides is 1. The first kappa shape index (κ1) is 16.7. The van der Waals surface area contributed by atoms with Crippen molar-refractivity contribution in [3.05, 3.63) is 46.0 Å². The summed E-state index contributed by atoms with van der Waals surface area (Å²) in [4.78, 5) is 22.6. The fourth-order valence-corrected chi connectivity index (χ4v) is 1.59. The lowest BCUT2D eigenvalue weighted by Crippen LogP contribution is -2.36. The number of non-ortho nitro benzene ring substituents is 1. The largest absolute Gasteiger partial charge is 0.395 e. The zero-order valence-electron chi connectivity index (χ0n) is 11.0. The Hall–Kier alpha value is -2.35. The molecule has 0 saturated heterocycles. The first-order valence-electron chi connectivity index (χ1n) is 6.04. The van der Waals surface area contributed by atoms with Gasteiger partial charge in [0.25, 0.3) is 12.1 Å². The molecular weight excluding hydrogens is 286 g/mol. The van der Waals surface area contributed by atoms with E-state index in [-0.39, 0.29) is 12.2 Å². The summed E-state index contributed by atoms with van der Waals surface area (Å²) in [5, 5.41) is 19.3. The summed E-state index contributed by atoms with van der Waals surface area (Å²) in [7, 11) is 0. The van der Waals surface area contributed by atoms with Crippen LogP contribution in [0.5, 0.6) is 0 Å². The average molecular weight is 300 g/mol. The highest BCUT2D eigenvalue weighted by molar-refractivity contribution is 5.91. The third kappa shape index (κ3) is 5.65. The Labute approximate surface area is 119 Å².